The fourth-order valence-electron chi connectivity index (χ4n) is 3.94. The molecule has 2 heterocycles. The molecule has 1 aromatic heterocycles. The first kappa shape index (κ1) is 21.2. The fourth-order valence-corrected chi connectivity index (χ4v) is 3.94. The van der Waals surface area contributed by atoms with Crippen LogP contribution in [0.2, 0.25) is 0 Å². The van der Waals surface area contributed by atoms with Crippen LogP contribution in [-0.2, 0) is 4.79 Å². The van der Waals surface area contributed by atoms with Crippen LogP contribution in [0, 0.1) is 0 Å². The minimum absolute atomic E-state index is 0.0940. The minimum atomic E-state index is -0.621. The van der Waals surface area contributed by atoms with E-state index in [1.807, 2.05) is 65.7 Å². The molecular formula is C24H24N4O4. The van der Waals surface area contributed by atoms with Crippen molar-refractivity contribution in [2.45, 2.75) is 13.0 Å². The smallest absolute Gasteiger partial charge is 0.277 e. The number of rotatable bonds is 6. The average Bonchev–Trinajstić information content (AvgIpc) is 2.80. The Morgan fingerprint density at radius 2 is 1.59 bits per heavy atom. The second-order valence-corrected chi connectivity index (χ2v) is 7.58. The zero-order valence-corrected chi connectivity index (χ0v) is 17.6. The Morgan fingerprint density at radius 3 is 2.16 bits per heavy atom. The summed E-state index contributed by atoms with van der Waals surface area (Å²) < 4.78 is 1.55. The van der Waals surface area contributed by atoms with Crippen molar-refractivity contribution in [1.82, 2.24) is 14.9 Å². The second-order valence-electron chi connectivity index (χ2n) is 7.58. The van der Waals surface area contributed by atoms with Crippen LogP contribution in [0.5, 0.6) is 5.75 Å². The van der Waals surface area contributed by atoms with E-state index in [1.54, 1.807) is 4.68 Å². The lowest BCUT2D eigenvalue weighted by Crippen LogP contribution is -2.56. The number of carbonyl (C=O) groups excluding carboxylic acids is 2. The SMILES string of the molecule is CC(=O)NCCN1CN(C(c2ccccc2)c2ccccc2)n2ccc(=O)c(O)c2C1=O. The largest absolute Gasteiger partial charge is 0.502 e. The van der Waals surface area contributed by atoms with Gasteiger partial charge in [0.15, 0.2) is 11.4 Å². The lowest BCUT2D eigenvalue weighted by atomic mass is 9.98. The predicted molar refractivity (Wildman–Crippen MR) is 120 cm³/mol. The zero-order valence-electron chi connectivity index (χ0n) is 17.6. The van der Waals surface area contributed by atoms with Gasteiger partial charge in [0.05, 0.1) is 6.04 Å². The molecule has 0 fully saturated rings. The highest BCUT2D eigenvalue weighted by atomic mass is 16.3. The standard InChI is InChI=1S/C24H24N4O4/c1-17(29)25-13-15-26-16-28(27-14-12-20(30)23(31)22(27)24(26)32)21(18-8-4-2-5-9-18)19-10-6-3-7-11-19/h2-12,14,21,31H,13,15-16H2,1H3,(H,25,29). The molecule has 0 unspecified atom stereocenters. The normalized spacial score (nSPS) is 13.2. The fraction of sp³-hybridized carbons (Fsp3) is 0.208. The van der Waals surface area contributed by atoms with Crippen LogP contribution in [0.15, 0.2) is 77.7 Å². The minimum Gasteiger partial charge on any atom is -0.502 e. The lowest BCUT2D eigenvalue weighted by molar-refractivity contribution is -0.119. The lowest BCUT2D eigenvalue weighted by Gasteiger charge is -2.44. The number of benzene rings is 2. The molecule has 8 heteroatoms. The number of carbonyl (C=O) groups is 2. The molecule has 3 aromatic rings. The predicted octanol–water partition coefficient (Wildman–Crippen LogP) is 1.83. The van der Waals surface area contributed by atoms with E-state index in [4.69, 9.17) is 0 Å². The third-order valence-electron chi connectivity index (χ3n) is 5.42. The van der Waals surface area contributed by atoms with E-state index >= 15 is 0 Å². The summed E-state index contributed by atoms with van der Waals surface area (Å²) in [5.74, 6) is -1.26. The van der Waals surface area contributed by atoms with Gasteiger partial charge in [-0.25, -0.2) is 0 Å². The topological polar surface area (TPSA) is 94.9 Å². The Labute approximate surface area is 185 Å². The van der Waals surface area contributed by atoms with Crippen molar-refractivity contribution in [3.8, 4) is 5.75 Å². The number of hydrogen-bond acceptors (Lipinski definition) is 5. The summed E-state index contributed by atoms with van der Waals surface area (Å²) in [7, 11) is 0. The summed E-state index contributed by atoms with van der Waals surface area (Å²) in [6, 6.07) is 20.6. The summed E-state index contributed by atoms with van der Waals surface area (Å²) >= 11 is 0. The molecular weight excluding hydrogens is 408 g/mol. The first-order chi connectivity index (χ1) is 15.5. The van der Waals surface area contributed by atoms with Gasteiger partial charge in [-0.15, -0.1) is 0 Å². The Hall–Kier alpha value is -4.07. The molecule has 2 N–H and O–H groups in total. The highest BCUT2D eigenvalue weighted by molar-refractivity contribution is 5.96. The monoisotopic (exact) mass is 432 g/mol. The third-order valence-corrected chi connectivity index (χ3v) is 5.42. The molecule has 32 heavy (non-hydrogen) atoms. The maximum absolute atomic E-state index is 13.2. The quantitative estimate of drug-likeness (QED) is 0.620. The van der Waals surface area contributed by atoms with Crippen molar-refractivity contribution >= 4 is 11.8 Å². The average molecular weight is 432 g/mol. The van der Waals surface area contributed by atoms with Gasteiger partial charge in [0.25, 0.3) is 5.91 Å². The first-order valence-corrected chi connectivity index (χ1v) is 10.3. The molecule has 0 bridgehead atoms. The zero-order chi connectivity index (χ0) is 22.7. The van der Waals surface area contributed by atoms with Gasteiger partial charge in [-0.05, 0) is 11.1 Å². The van der Waals surface area contributed by atoms with Crippen LogP contribution >= 0.6 is 0 Å². The maximum Gasteiger partial charge on any atom is 0.277 e. The molecule has 4 rings (SSSR count). The second kappa shape index (κ2) is 8.97. The van der Waals surface area contributed by atoms with Gasteiger partial charge in [0.1, 0.15) is 6.67 Å². The van der Waals surface area contributed by atoms with Crippen LogP contribution in [0.1, 0.15) is 34.6 Å². The van der Waals surface area contributed by atoms with Gasteiger partial charge in [0, 0.05) is 32.3 Å². The van der Waals surface area contributed by atoms with Crippen LogP contribution in [0.25, 0.3) is 0 Å². The molecule has 0 atom stereocenters. The molecule has 2 aromatic carbocycles. The van der Waals surface area contributed by atoms with Gasteiger partial charge < -0.3 is 15.3 Å². The summed E-state index contributed by atoms with van der Waals surface area (Å²) in [5, 5.41) is 15.1. The number of pyridine rings is 1. The number of nitrogens with zero attached hydrogens (tertiary/aromatic N) is 3. The van der Waals surface area contributed by atoms with E-state index in [1.165, 1.54) is 24.1 Å². The molecule has 0 saturated heterocycles. The van der Waals surface area contributed by atoms with E-state index in [-0.39, 0.29) is 37.4 Å². The summed E-state index contributed by atoms with van der Waals surface area (Å²) in [6.45, 7) is 2.09. The van der Waals surface area contributed by atoms with E-state index in [0.717, 1.165) is 11.1 Å². The molecule has 2 amide bonds. The van der Waals surface area contributed by atoms with Crippen molar-refractivity contribution in [2.24, 2.45) is 0 Å². The molecule has 1 aliphatic rings. The maximum atomic E-state index is 13.2. The highest BCUT2D eigenvalue weighted by Gasteiger charge is 2.36. The molecule has 164 valence electrons. The van der Waals surface area contributed by atoms with Crippen molar-refractivity contribution < 1.29 is 14.7 Å². The van der Waals surface area contributed by atoms with Gasteiger partial charge in [-0.2, -0.15) is 0 Å². The molecule has 0 radical (unpaired) electrons. The molecule has 0 spiro atoms. The third kappa shape index (κ3) is 4.07. The van der Waals surface area contributed by atoms with Crippen LogP contribution < -0.4 is 15.8 Å². The first-order valence-electron chi connectivity index (χ1n) is 10.3. The number of fused-ring (bicyclic) bond motifs is 1. The molecule has 8 nitrogen and oxygen atoms in total. The van der Waals surface area contributed by atoms with Crippen molar-refractivity contribution in [1.29, 1.82) is 0 Å². The van der Waals surface area contributed by atoms with Gasteiger partial charge >= 0.3 is 0 Å². The van der Waals surface area contributed by atoms with Crippen molar-refractivity contribution in [2.75, 3.05) is 24.8 Å². The summed E-state index contributed by atoms with van der Waals surface area (Å²) in [5.41, 5.74) is 1.26. The highest BCUT2D eigenvalue weighted by Crippen LogP contribution is 2.31. The van der Waals surface area contributed by atoms with Gasteiger partial charge in [0.2, 0.25) is 11.3 Å². The number of amides is 2. The van der Waals surface area contributed by atoms with Crippen LogP contribution in [0.4, 0.5) is 0 Å². The van der Waals surface area contributed by atoms with Gasteiger partial charge in [-0.3, -0.25) is 24.1 Å². The summed E-state index contributed by atoms with van der Waals surface area (Å²) in [6.07, 6.45) is 1.51. The van der Waals surface area contributed by atoms with E-state index in [2.05, 4.69) is 5.32 Å². The Morgan fingerprint density at radius 1 is 1.00 bits per heavy atom. The Balaban J connectivity index is 1.84. The number of hydrogen-bond donors (Lipinski definition) is 2. The Bertz CT molecular complexity index is 1140. The number of aromatic hydroxyl groups is 1. The van der Waals surface area contributed by atoms with Gasteiger partial charge in [-0.1, -0.05) is 60.7 Å². The Kier molecular flexibility index (Phi) is 5.93. The summed E-state index contributed by atoms with van der Waals surface area (Å²) in [4.78, 5) is 38.1. The van der Waals surface area contributed by atoms with Crippen LogP contribution in [-0.4, -0.2) is 46.3 Å². The molecule has 0 aliphatic carbocycles. The van der Waals surface area contributed by atoms with Crippen molar-refractivity contribution in [3.05, 3.63) is 100.0 Å². The van der Waals surface area contributed by atoms with E-state index in [9.17, 15) is 19.5 Å². The van der Waals surface area contributed by atoms with E-state index in [0.29, 0.717) is 0 Å². The number of nitrogens with one attached hydrogen (secondary N) is 1. The van der Waals surface area contributed by atoms with E-state index < -0.39 is 17.1 Å². The molecule has 0 saturated carbocycles. The van der Waals surface area contributed by atoms with Crippen LogP contribution in [0.3, 0.4) is 0 Å². The number of aromatic nitrogens is 1. The molecule has 1 aliphatic heterocycles. The van der Waals surface area contributed by atoms with Crippen molar-refractivity contribution in [3.63, 3.8) is 0 Å².